The molecule has 18 heavy (non-hydrogen) atoms. The number of aliphatic hydroxyl groups excluding tert-OH is 1. The Bertz CT molecular complexity index is 259. The van der Waals surface area contributed by atoms with Gasteiger partial charge in [0, 0.05) is 18.6 Å². The molecular weight excluding hydrogens is 228 g/mol. The first kappa shape index (κ1) is 15.3. The van der Waals surface area contributed by atoms with Gasteiger partial charge >= 0.3 is 6.03 Å². The zero-order valence-corrected chi connectivity index (χ0v) is 12.1. The molecule has 3 unspecified atom stereocenters. The normalized spacial score (nSPS) is 26.2. The number of carbonyl (C=O) groups is 1. The lowest BCUT2D eigenvalue weighted by atomic mass is 9.98. The summed E-state index contributed by atoms with van der Waals surface area (Å²) in [4.78, 5) is 14.0. The molecule has 0 aromatic carbocycles. The van der Waals surface area contributed by atoms with Crippen LogP contribution in [0.1, 0.15) is 53.4 Å². The molecule has 1 heterocycles. The Morgan fingerprint density at radius 2 is 1.89 bits per heavy atom. The number of rotatable bonds is 4. The molecule has 4 nitrogen and oxygen atoms in total. The molecular formula is C14H28N2O2. The SMILES string of the molecule is CC(C)CC(O)CNC(=O)N1C(C)CCCC1C. The highest BCUT2D eigenvalue weighted by Crippen LogP contribution is 2.22. The van der Waals surface area contributed by atoms with Crippen molar-refractivity contribution in [1.82, 2.24) is 10.2 Å². The zero-order chi connectivity index (χ0) is 13.7. The van der Waals surface area contributed by atoms with E-state index < -0.39 is 6.10 Å². The number of carbonyl (C=O) groups excluding carboxylic acids is 1. The summed E-state index contributed by atoms with van der Waals surface area (Å²) < 4.78 is 0. The number of hydrogen-bond acceptors (Lipinski definition) is 2. The Morgan fingerprint density at radius 3 is 2.39 bits per heavy atom. The van der Waals surface area contributed by atoms with E-state index in [2.05, 4.69) is 33.0 Å². The van der Waals surface area contributed by atoms with E-state index in [4.69, 9.17) is 0 Å². The molecule has 2 amide bonds. The van der Waals surface area contributed by atoms with Gasteiger partial charge in [0.1, 0.15) is 0 Å². The molecule has 0 aromatic heterocycles. The summed E-state index contributed by atoms with van der Waals surface area (Å²) in [6.45, 7) is 8.69. The van der Waals surface area contributed by atoms with Gasteiger partial charge in [0.25, 0.3) is 0 Å². The zero-order valence-electron chi connectivity index (χ0n) is 12.1. The van der Waals surface area contributed by atoms with Crippen LogP contribution in [0.15, 0.2) is 0 Å². The molecule has 1 aliphatic heterocycles. The molecule has 0 spiro atoms. The van der Waals surface area contributed by atoms with Crippen LogP contribution in [0, 0.1) is 5.92 Å². The number of likely N-dealkylation sites (tertiary alicyclic amines) is 1. The maximum Gasteiger partial charge on any atom is 0.317 e. The second kappa shape index (κ2) is 6.98. The van der Waals surface area contributed by atoms with E-state index in [0.29, 0.717) is 24.5 Å². The molecule has 0 bridgehead atoms. The van der Waals surface area contributed by atoms with E-state index in [-0.39, 0.29) is 6.03 Å². The Balaban J connectivity index is 2.39. The van der Waals surface area contributed by atoms with Crippen LogP contribution in [0.5, 0.6) is 0 Å². The standard InChI is InChI=1S/C14H28N2O2/c1-10(2)8-13(17)9-15-14(18)16-11(3)6-5-7-12(16)4/h10-13,17H,5-9H2,1-4H3,(H,15,18). The second-order valence-electron chi connectivity index (χ2n) is 6.01. The molecule has 0 aromatic rings. The van der Waals surface area contributed by atoms with Gasteiger partial charge in [-0.15, -0.1) is 0 Å². The fourth-order valence-electron chi connectivity index (χ4n) is 2.75. The predicted molar refractivity (Wildman–Crippen MR) is 73.5 cm³/mol. The molecule has 0 saturated carbocycles. The van der Waals surface area contributed by atoms with Crippen molar-refractivity contribution in [3.63, 3.8) is 0 Å². The van der Waals surface area contributed by atoms with Gasteiger partial charge in [-0.25, -0.2) is 4.79 Å². The van der Waals surface area contributed by atoms with E-state index >= 15 is 0 Å². The van der Waals surface area contributed by atoms with Gasteiger partial charge < -0.3 is 15.3 Å². The van der Waals surface area contributed by atoms with Crippen LogP contribution in [-0.2, 0) is 0 Å². The van der Waals surface area contributed by atoms with Gasteiger partial charge in [-0.1, -0.05) is 13.8 Å². The maximum absolute atomic E-state index is 12.1. The number of aliphatic hydroxyl groups is 1. The van der Waals surface area contributed by atoms with Crippen molar-refractivity contribution < 1.29 is 9.90 Å². The highest BCUT2D eigenvalue weighted by atomic mass is 16.3. The largest absolute Gasteiger partial charge is 0.391 e. The molecule has 1 fully saturated rings. The number of nitrogens with zero attached hydrogens (tertiary/aromatic N) is 1. The molecule has 3 atom stereocenters. The van der Waals surface area contributed by atoms with Crippen molar-refractivity contribution in [1.29, 1.82) is 0 Å². The minimum Gasteiger partial charge on any atom is -0.391 e. The van der Waals surface area contributed by atoms with Gasteiger partial charge in [-0.2, -0.15) is 0 Å². The van der Waals surface area contributed by atoms with Gasteiger partial charge in [0.15, 0.2) is 0 Å². The number of nitrogens with one attached hydrogen (secondary N) is 1. The molecule has 1 aliphatic rings. The number of hydrogen-bond donors (Lipinski definition) is 2. The van der Waals surface area contributed by atoms with E-state index in [0.717, 1.165) is 19.3 Å². The van der Waals surface area contributed by atoms with Crippen LogP contribution in [-0.4, -0.2) is 40.8 Å². The van der Waals surface area contributed by atoms with Crippen LogP contribution in [0.25, 0.3) is 0 Å². The third-order valence-corrected chi connectivity index (χ3v) is 3.66. The summed E-state index contributed by atoms with van der Waals surface area (Å²) in [6.07, 6.45) is 3.64. The van der Waals surface area contributed by atoms with Gasteiger partial charge in [-0.3, -0.25) is 0 Å². The van der Waals surface area contributed by atoms with Crippen LogP contribution in [0.3, 0.4) is 0 Å². The van der Waals surface area contributed by atoms with Crippen molar-refractivity contribution in [3.8, 4) is 0 Å². The second-order valence-corrected chi connectivity index (χ2v) is 6.01. The summed E-state index contributed by atoms with van der Waals surface area (Å²) in [6, 6.07) is 0.574. The molecule has 1 saturated heterocycles. The molecule has 1 rings (SSSR count). The summed E-state index contributed by atoms with van der Waals surface area (Å²) in [7, 11) is 0. The minimum absolute atomic E-state index is 0.0301. The summed E-state index contributed by atoms with van der Waals surface area (Å²) in [5, 5.41) is 12.6. The fraction of sp³-hybridized carbons (Fsp3) is 0.929. The van der Waals surface area contributed by atoms with Crippen molar-refractivity contribution in [3.05, 3.63) is 0 Å². The van der Waals surface area contributed by atoms with E-state index in [1.807, 2.05) is 4.90 Å². The van der Waals surface area contributed by atoms with Gasteiger partial charge in [0.05, 0.1) is 6.10 Å². The Kier molecular flexibility index (Phi) is 5.93. The molecule has 0 aliphatic carbocycles. The number of piperidine rings is 1. The fourth-order valence-corrected chi connectivity index (χ4v) is 2.75. The number of urea groups is 1. The lowest BCUT2D eigenvalue weighted by Crippen LogP contribution is -2.52. The monoisotopic (exact) mass is 256 g/mol. The van der Waals surface area contributed by atoms with Crippen molar-refractivity contribution in [2.75, 3.05) is 6.54 Å². The molecule has 4 heteroatoms. The first-order valence-corrected chi connectivity index (χ1v) is 7.16. The molecule has 106 valence electrons. The highest BCUT2D eigenvalue weighted by molar-refractivity contribution is 5.75. The highest BCUT2D eigenvalue weighted by Gasteiger charge is 2.28. The smallest absolute Gasteiger partial charge is 0.317 e. The van der Waals surface area contributed by atoms with Crippen LogP contribution in [0.4, 0.5) is 4.79 Å². The van der Waals surface area contributed by atoms with E-state index in [1.165, 1.54) is 6.42 Å². The maximum atomic E-state index is 12.1. The topological polar surface area (TPSA) is 52.6 Å². The minimum atomic E-state index is -0.440. The van der Waals surface area contributed by atoms with Crippen molar-refractivity contribution in [2.45, 2.75) is 71.6 Å². The van der Waals surface area contributed by atoms with Crippen molar-refractivity contribution in [2.24, 2.45) is 5.92 Å². The Hall–Kier alpha value is -0.770. The first-order chi connectivity index (χ1) is 8.41. The van der Waals surface area contributed by atoms with Crippen LogP contribution < -0.4 is 5.32 Å². The van der Waals surface area contributed by atoms with E-state index in [1.54, 1.807) is 0 Å². The lowest BCUT2D eigenvalue weighted by Gasteiger charge is -2.39. The van der Waals surface area contributed by atoms with Crippen LogP contribution >= 0.6 is 0 Å². The lowest BCUT2D eigenvalue weighted by molar-refractivity contribution is 0.111. The Labute approximate surface area is 111 Å². The number of amides is 2. The van der Waals surface area contributed by atoms with Gasteiger partial charge in [-0.05, 0) is 45.4 Å². The van der Waals surface area contributed by atoms with Crippen LogP contribution in [0.2, 0.25) is 0 Å². The average Bonchev–Trinajstić information content (AvgIpc) is 2.25. The summed E-state index contributed by atoms with van der Waals surface area (Å²) >= 11 is 0. The summed E-state index contributed by atoms with van der Waals surface area (Å²) in [5.41, 5.74) is 0. The molecule has 2 N–H and O–H groups in total. The molecule has 0 radical (unpaired) electrons. The third-order valence-electron chi connectivity index (χ3n) is 3.66. The van der Waals surface area contributed by atoms with E-state index in [9.17, 15) is 9.90 Å². The predicted octanol–water partition coefficient (Wildman–Crippen LogP) is 2.37. The summed E-state index contributed by atoms with van der Waals surface area (Å²) in [5.74, 6) is 0.449. The van der Waals surface area contributed by atoms with Gasteiger partial charge in [0.2, 0.25) is 0 Å². The van der Waals surface area contributed by atoms with Crippen molar-refractivity contribution >= 4 is 6.03 Å². The Morgan fingerprint density at radius 1 is 1.33 bits per heavy atom. The average molecular weight is 256 g/mol. The first-order valence-electron chi connectivity index (χ1n) is 7.16. The quantitative estimate of drug-likeness (QED) is 0.811. The third kappa shape index (κ3) is 4.48.